The molecule has 296 valence electrons. The lowest BCUT2D eigenvalue weighted by Crippen LogP contribution is -2.44. The van der Waals surface area contributed by atoms with Crippen LogP contribution in [0.25, 0.3) is 0 Å². The quantitative estimate of drug-likeness (QED) is 0.235. The smallest absolute Gasteiger partial charge is 0.326 e. The number of carbonyl (C=O) groups excluding carboxylic acids is 2. The van der Waals surface area contributed by atoms with Crippen molar-refractivity contribution in [2.45, 2.75) is 61.9 Å². The number of aliphatic hydroxyl groups is 2. The number of aryl methyl sites for hydroxylation is 2. The Morgan fingerprint density at radius 2 is 1.15 bits per heavy atom. The van der Waals surface area contributed by atoms with Gasteiger partial charge in [0.1, 0.15) is 0 Å². The van der Waals surface area contributed by atoms with Gasteiger partial charge in [-0.3, -0.25) is 9.59 Å². The molecule has 2 unspecified atom stereocenters. The highest BCUT2D eigenvalue weighted by Gasteiger charge is 2.45. The molecule has 2 aromatic carbocycles. The van der Waals surface area contributed by atoms with E-state index in [1.807, 2.05) is 48.5 Å². The minimum Gasteiger partial charge on any atom is -0.468 e. The van der Waals surface area contributed by atoms with Gasteiger partial charge in [-0.15, -0.1) is 12.3 Å². The van der Waals surface area contributed by atoms with Crippen LogP contribution in [0.5, 0.6) is 0 Å². The molecule has 0 aromatic heterocycles. The van der Waals surface area contributed by atoms with E-state index in [1.54, 1.807) is 0 Å². The molecule has 10 nitrogen and oxygen atoms in total. The van der Waals surface area contributed by atoms with Crippen molar-refractivity contribution in [2.24, 2.45) is 23.7 Å². The van der Waals surface area contributed by atoms with Crippen molar-refractivity contribution >= 4 is 47.5 Å². The molecule has 2 fully saturated rings. The molecule has 0 heterocycles. The number of benzene rings is 2. The van der Waals surface area contributed by atoms with Gasteiger partial charge in [0.15, 0.2) is 29.2 Å². The Hall–Kier alpha value is -4.08. The fraction of sp³-hybridized carbons (Fsp3) is 0.476. The highest BCUT2D eigenvalue weighted by Crippen LogP contribution is 2.37. The molecule has 2 aromatic rings. The van der Waals surface area contributed by atoms with Crippen LogP contribution in [0.3, 0.4) is 0 Å². The van der Waals surface area contributed by atoms with E-state index in [2.05, 4.69) is 65.8 Å². The van der Waals surface area contributed by atoms with Crippen molar-refractivity contribution in [2.75, 3.05) is 39.9 Å². The lowest BCUT2D eigenvalue weighted by atomic mass is 9.99. The second-order valence-corrected chi connectivity index (χ2v) is 19.1. The lowest BCUT2D eigenvalue weighted by Gasteiger charge is -2.24. The summed E-state index contributed by atoms with van der Waals surface area (Å²) in [5.74, 6) is 17.0. The van der Waals surface area contributed by atoms with Gasteiger partial charge in [-0.05, 0) is 116 Å². The summed E-state index contributed by atoms with van der Waals surface area (Å²) >= 11 is 3.03. The molecule has 4 rings (SSSR count). The molecule has 13 heteroatoms. The second kappa shape index (κ2) is 21.3. The van der Waals surface area contributed by atoms with Gasteiger partial charge in [0.05, 0.1) is 14.2 Å². The lowest BCUT2D eigenvalue weighted by molar-refractivity contribution is -0.144. The number of carbonyl (C=O) groups is 2. The number of ether oxygens (including phenoxy) is 2. The van der Waals surface area contributed by atoms with Crippen LogP contribution in [0, 0.1) is 70.4 Å². The topological polar surface area (TPSA) is 161 Å². The van der Waals surface area contributed by atoms with Gasteiger partial charge in [-0.1, -0.05) is 42.0 Å². The van der Waals surface area contributed by atoms with Gasteiger partial charge in [0, 0.05) is 64.6 Å². The van der Waals surface area contributed by atoms with Gasteiger partial charge in [-0.2, -0.15) is 0 Å². The van der Waals surface area contributed by atoms with Crippen molar-refractivity contribution in [3.05, 3.63) is 70.8 Å². The molecular formula is C42H49BrO10S2. The van der Waals surface area contributed by atoms with Gasteiger partial charge in [0.25, 0.3) is 0 Å². The maximum Gasteiger partial charge on any atom is 0.326 e. The van der Waals surface area contributed by atoms with Crippen molar-refractivity contribution in [3.63, 3.8) is 0 Å². The predicted octanol–water partition coefficient (Wildman–Crippen LogP) is 4.13. The first-order valence-electron chi connectivity index (χ1n) is 17.4. The Morgan fingerprint density at radius 3 is 1.45 bits per heavy atom. The van der Waals surface area contributed by atoms with Crippen molar-refractivity contribution < 1.29 is 46.1 Å². The van der Waals surface area contributed by atoms with Crippen LogP contribution in [0.2, 0.25) is 0 Å². The molecule has 2 aliphatic carbocycles. The average molecular weight is 858 g/mol. The van der Waals surface area contributed by atoms with E-state index in [-0.39, 0.29) is 32.0 Å². The molecule has 2 N–H and O–H groups in total. The third kappa shape index (κ3) is 14.2. The zero-order valence-corrected chi connectivity index (χ0v) is 35.2. The molecule has 55 heavy (non-hydrogen) atoms. The van der Waals surface area contributed by atoms with Crippen LogP contribution in [-0.2, 0) is 51.6 Å². The molecule has 2 aliphatic rings. The average Bonchev–Trinajstić information content (AvgIpc) is 4.10. The first-order valence-corrected chi connectivity index (χ1v) is 22.0. The summed E-state index contributed by atoms with van der Waals surface area (Å²) in [6, 6.07) is 14.8. The molecule has 2 saturated carbocycles. The zero-order chi connectivity index (χ0) is 41.5. The first-order chi connectivity index (χ1) is 25.8. The largest absolute Gasteiger partial charge is 0.468 e. The standard InChI is InChI=1S/C21H24O5S.C15H17BrO4S.C6H8O/c1-21(20(23)26-2,27(3,24)25)13-12-17-10-8-16(9-11-17)6-4-5-7-18-14-19(18)15-22;1-15(14(17)20-2,21(3,18)19)10-8-12-4-6-13(7-5-12)9-11-16;1-2-5-3-6(5)4-7/h8-11,18-19,22H,12-15H2,1-3H3;4-7H,8,10H2,1-3H3;1,5-7H,3-4H2/t18-,19+,21?;;5-,6+/m0.0/s1. The Morgan fingerprint density at radius 1 is 0.745 bits per heavy atom. The molecule has 0 radical (unpaired) electrons. The summed E-state index contributed by atoms with van der Waals surface area (Å²) in [5, 5.41) is 17.4. The van der Waals surface area contributed by atoms with Crippen LogP contribution in [0.4, 0.5) is 0 Å². The third-order valence-electron chi connectivity index (χ3n) is 9.81. The SMILES string of the molecule is C#C[C@H]1C[C@@H]1CO.COC(=O)C(C)(CCc1ccc(C#CBr)cc1)S(C)(=O)=O.COC(=O)C(C)(CCc1ccc(C#CC#C[C@H]2C[C@@H]2CO)cc1)S(C)(=O)=O. The molecule has 0 saturated heterocycles. The highest BCUT2D eigenvalue weighted by atomic mass is 79.9. The summed E-state index contributed by atoms with van der Waals surface area (Å²) in [6.07, 6.45) is 10.3. The van der Waals surface area contributed by atoms with E-state index in [0.29, 0.717) is 30.6 Å². The van der Waals surface area contributed by atoms with E-state index in [4.69, 9.17) is 16.6 Å². The van der Waals surface area contributed by atoms with E-state index in [0.717, 1.165) is 47.6 Å². The van der Waals surface area contributed by atoms with Gasteiger partial charge in [-0.25, -0.2) is 16.8 Å². The third-order valence-corrected chi connectivity index (χ3v) is 14.0. The van der Waals surface area contributed by atoms with Crippen LogP contribution in [0.1, 0.15) is 61.8 Å². The van der Waals surface area contributed by atoms with E-state index in [9.17, 15) is 26.4 Å². The maximum absolute atomic E-state index is 12.0. The van der Waals surface area contributed by atoms with Gasteiger partial charge < -0.3 is 19.7 Å². The van der Waals surface area contributed by atoms with Crippen molar-refractivity contribution in [3.8, 4) is 46.8 Å². The Kier molecular flexibility index (Phi) is 18.2. The van der Waals surface area contributed by atoms with Gasteiger partial charge in [0.2, 0.25) is 0 Å². The maximum atomic E-state index is 12.0. The number of rotatable bonds is 12. The molecule has 0 spiro atoms. The Bertz CT molecular complexity index is 2090. The number of sulfone groups is 2. The minimum absolute atomic E-state index is 0.141. The molecule has 6 atom stereocenters. The number of hydrogen-bond acceptors (Lipinski definition) is 10. The Balaban J connectivity index is 0.000000329. The summed E-state index contributed by atoms with van der Waals surface area (Å²) in [6.45, 7) is 3.25. The number of halogens is 1. The molecule has 0 bridgehead atoms. The molecular weight excluding hydrogens is 808 g/mol. The summed E-state index contributed by atoms with van der Waals surface area (Å²) in [4.78, 5) is 26.4. The van der Waals surface area contributed by atoms with Crippen molar-refractivity contribution in [1.82, 2.24) is 0 Å². The summed E-state index contributed by atoms with van der Waals surface area (Å²) < 4.78 is 54.0. The number of terminal acetylenes is 1. The molecule has 0 amide bonds. The molecule has 0 aliphatic heterocycles. The van der Waals surface area contributed by atoms with E-state index < -0.39 is 41.1 Å². The number of aliphatic hydroxyl groups excluding tert-OH is 2. The van der Waals surface area contributed by atoms with E-state index >= 15 is 0 Å². The minimum atomic E-state index is -3.60. The number of methoxy groups -OCH3 is 2. The number of esters is 2. The van der Waals surface area contributed by atoms with Crippen LogP contribution >= 0.6 is 15.9 Å². The second-order valence-electron chi connectivity index (χ2n) is 13.9. The zero-order valence-electron chi connectivity index (χ0n) is 32.0. The monoisotopic (exact) mass is 856 g/mol. The highest BCUT2D eigenvalue weighted by molar-refractivity contribution is 9.12. The van der Waals surface area contributed by atoms with Crippen LogP contribution < -0.4 is 0 Å². The van der Waals surface area contributed by atoms with Crippen LogP contribution in [-0.4, -0.2) is 88.4 Å². The first kappa shape index (κ1) is 47.1. The number of hydrogen-bond donors (Lipinski definition) is 2. The van der Waals surface area contributed by atoms with Crippen LogP contribution in [0.15, 0.2) is 48.5 Å². The Labute approximate surface area is 335 Å². The fourth-order valence-electron chi connectivity index (χ4n) is 5.15. The summed E-state index contributed by atoms with van der Waals surface area (Å²) in [7, 11) is -4.79. The summed E-state index contributed by atoms with van der Waals surface area (Å²) in [5.41, 5.74) is 3.51. The van der Waals surface area contributed by atoms with Crippen molar-refractivity contribution in [1.29, 1.82) is 0 Å². The van der Waals surface area contributed by atoms with Gasteiger partial charge >= 0.3 is 11.9 Å². The fourth-order valence-corrected chi connectivity index (χ4v) is 7.10. The van der Waals surface area contributed by atoms with E-state index in [1.165, 1.54) is 28.1 Å². The predicted molar refractivity (Wildman–Crippen MR) is 217 cm³/mol. The normalized spacial score (nSPS) is 19.9.